The third-order valence-electron chi connectivity index (χ3n) is 5.29. The number of rotatable bonds is 6. The topological polar surface area (TPSA) is 40.6 Å². The van der Waals surface area contributed by atoms with Gasteiger partial charge in [0, 0.05) is 24.4 Å². The van der Waals surface area contributed by atoms with Crippen LogP contribution >= 0.6 is 11.3 Å². The standard InChI is InChI=1S/C22H28N2O2S/c1-4-8-20(25)23(5-2)15-21(26)24-13-11-19-18(12-14-27-19)22(24)17-10-7-6-9-16(17)3/h6-7,9-10,12,14,22H,4-5,8,11,13,15H2,1-3H3/t22-/m0/s1. The van der Waals surface area contributed by atoms with Gasteiger partial charge in [0.05, 0.1) is 12.6 Å². The smallest absolute Gasteiger partial charge is 0.242 e. The van der Waals surface area contributed by atoms with Crippen LogP contribution in [0.15, 0.2) is 35.7 Å². The van der Waals surface area contributed by atoms with Crippen LogP contribution in [0.2, 0.25) is 0 Å². The molecule has 5 heteroatoms. The van der Waals surface area contributed by atoms with E-state index >= 15 is 0 Å². The van der Waals surface area contributed by atoms with E-state index in [9.17, 15) is 9.59 Å². The normalized spacial score (nSPS) is 16.1. The molecule has 4 nitrogen and oxygen atoms in total. The third-order valence-corrected chi connectivity index (χ3v) is 6.29. The van der Waals surface area contributed by atoms with Crippen molar-refractivity contribution in [3.63, 3.8) is 0 Å². The molecule has 0 radical (unpaired) electrons. The van der Waals surface area contributed by atoms with Crippen LogP contribution in [0.25, 0.3) is 0 Å². The molecule has 144 valence electrons. The molecule has 0 N–H and O–H groups in total. The average molecular weight is 385 g/mol. The number of hydrogen-bond acceptors (Lipinski definition) is 3. The molecule has 0 unspecified atom stereocenters. The van der Waals surface area contributed by atoms with E-state index in [0.29, 0.717) is 19.5 Å². The lowest BCUT2D eigenvalue weighted by atomic mass is 9.90. The Bertz CT molecular complexity index is 814. The van der Waals surface area contributed by atoms with Gasteiger partial charge >= 0.3 is 0 Å². The molecule has 1 aliphatic rings. The summed E-state index contributed by atoms with van der Waals surface area (Å²) >= 11 is 1.77. The maximum Gasteiger partial charge on any atom is 0.242 e. The fraction of sp³-hybridized carbons (Fsp3) is 0.455. The molecular weight excluding hydrogens is 356 g/mol. The number of hydrogen-bond donors (Lipinski definition) is 0. The van der Waals surface area contributed by atoms with Gasteiger partial charge in [0.2, 0.25) is 11.8 Å². The maximum atomic E-state index is 13.2. The van der Waals surface area contributed by atoms with Crippen molar-refractivity contribution in [1.29, 1.82) is 0 Å². The fourth-order valence-corrected chi connectivity index (χ4v) is 4.72. The summed E-state index contributed by atoms with van der Waals surface area (Å²) < 4.78 is 0. The Morgan fingerprint density at radius 2 is 1.96 bits per heavy atom. The number of aryl methyl sites for hydroxylation is 1. The molecule has 0 saturated heterocycles. The molecular formula is C22H28N2O2S. The third kappa shape index (κ3) is 4.08. The Morgan fingerprint density at radius 1 is 1.19 bits per heavy atom. The van der Waals surface area contributed by atoms with Gasteiger partial charge in [-0.2, -0.15) is 0 Å². The molecule has 1 atom stereocenters. The fourth-order valence-electron chi connectivity index (χ4n) is 3.82. The van der Waals surface area contributed by atoms with Gasteiger partial charge in [0.1, 0.15) is 0 Å². The average Bonchev–Trinajstić information content (AvgIpc) is 3.14. The SMILES string of the molecule is CCCC(=O)N(CC)CC(=O)N1CCc2sccc2[C@@H]1c1ccccc1C. The second kappa shape index (κ2) is 8.70. The van der Waals surface area contributed by atoms with Gasteiger partial charge in [-0.05, 0) is 54.8 Å². The number of thiophene rings is 1. The highest BCUT2D eigenvalue weighted by molar-refractivity contribution is 7.10. The van der Waals surface area contributed by atoms with E-state index in [1.807, 2.05) is 30.9 Å². The quantitative estimate of drug-likeness (QED) is 0.750. The monoisotopic (exact) mass is 384 g/mol. The maximum absolute atomic E-state index is 13.2. The van der Waals surface area contributed by atoms with Crippen LogP contribution < -0.4 is 0 Å². The Hall–Kier alpha value is -2.14. The first-order valence-corrected chi connectivity index (χ1v) is 10.6. The van der Waals surface area contributed by atoms with E-state index < -0.39 is 0 Å². The molecule has 2 heterocycles. The molecule has 1 aromatic carbocycles. The van der Waals surface area contributed by atoms with Gasteiger partial charge in [0.15, 0.2) is 0 Å². The first-order valence-electron chi connectivity index (χ1n) is 9.75. The van der Waals surface area contributed by atoms with Gasteiger partial charge in [-0.1, -0.05) is 31.2 Å². The van der Waals surface area contributed by atoms with Crippen molar-refractivity contribution in [3.8, 4) is 0 Å². The van der Waals surface area contributed by atoms with Gasteiger partial charge in [-0.15, -0.1) is 11.3 Å². The van der Waals surface area contributed by atoms with E-state index in [1.165, 1.54) is 21.6 Å². The van der Waals surface area contributed by atoms with Crippen molar-refractivity contribution in [1.82, 2.24) is 9.80 Å². The predicted molar refractivity (Wildman–Crippen MR) is 110 cm³/mol. The van der Waals surface area contributed by atoms with Crippen LogP contribution in [0.4, 0.5) is 0 Å². The minimum absolute atomic E-state index is 0.0337. The number of carbonyl (C=O) groups is 2. The summed E-state index contributed by atoms with van der Waals surface area (Å²) in [7, 11) is 0. The van der Waals surface area contributed by atoms with Gasteiger partial charge in [0.25, 0.3) is 0 Å². The van der Waals surface area contributed by atoms with Crippen LogP contribution in [-0.2, 0) is 16.0 Å². The lowest BCUT2D eigenvalue weighted by Gasteiger charge is -2.38. The highest BCUT2D eigenvalue weighted by atomic mass is 32.1. The second-order valence-electron chi connectivity index (χ2n) is 7.05. The van der Waals surface area contributed by atoms with Crippen LogP contribution in [0.1, 0.15) is 54.3 Å². The van der Waals surface area contributed by atoms with Crippen LogP contribution in [0.5, 0.6) is 0 Å². The van der Waals surface area contributed by atoms with Crippen LogP contribution in [0.3, 0.4) is 0 Å². The molecule has 2 amide bonds. The largest absolute Gasteiger partial charge is 0.334 e. The first kappa shape index (κ1) is 19.6. The van der Waals surface area contributed by atoms with Crippen LogP contribution in [0, 0.1) is 6.92 Å². The Morgan fingerprint density at radius 3 is 2.67 bits per heavy atom. The molecule has 2 aromatic rings. The molecule has 0 bridgehead atoms. The molecule has 3 rings (SSSR count). The molecule has 27 heavy (non-hydrogen) atoms. The number of nitrogens with zero attached hydrogens (tertiary/aromatic N) is 2. The van der Waals surface area contributed by atoms with Gasteiger partial charge < -0.3 is 9.80 Å². The van der Waals surface area contributed by atoms with Crippen molar-refractivity contribution >= 4 is 23.2 Å². The number of fused-ring (bicyclic) bond motifs is 1. The molecule has 1 aliphatic heterocycles. The first-order chi connectivity index (χ1) is 13.1. The molecule has 0 saturated carbocycles. The second-order valence-corrected chi connectivity index (χ2v) is 8.05. The van der Waals surface area contributed by atoms with Crippen molar-refractivity contribution in [3.05, 3.63) is 57.3 Å². The summed E-state index contributed by atoms with van der Waals surface area (Å²) in [6.45, 7) is 7.46. The minimum Gasteiger partial charge on any atom is -0.334 e. The van der Waals surface area contributed by atoms with E-state index in [1.54, 1.807) is 16.2 Å². The van der Waals surface area contributed by atoms with E-state index in [2.05, 4.69) is 30.5 Å². The van der Waals surface area contributed by atoms with Gasteiger partial charge in [-0.25, -0.2) is 0 Å². The van der Waals surface area contributed by atoms with Crippen molar-refractivity contribution < 1.29 is 9.59 Å². The number of carbonyl (C=O) groups excluding carboxylic acids is 2. The lowest BCUT2D eigenvalue weighted by Crippen LogP contribution is -2.46. The predicted octanol–water partition coefficient (Wildman–Crippen LogP) is 4.18. The summed E-state index contributed by atoms with van der Waals surface area (Å²) in [5.41, 5.74) is 3.60. The summed E-state index contributed by atoms with van der Waals surface area (Å²) in [6.07, 6.45) is 2.19. The minimum atomic E-state index is -0.0614. The summed E-state index contributed by atoms with van der Waals surface area (Å²) in [5.74, 6) is 0.0976. The Kier molecular flexibility index (Phi) is 6.32. The molecule has 1 aromatic heterocycles. The summed E-state index contributed by atoms with van der Waals surface area (Å²) in [5, 5.41) is 2.12. The lowest BCUT2D eigenvalue weighted by molar-refractivity contribution is -0.141. The van der Waals surface area contributed by atoms with Crippen molar-refractivity contribution in [2.24, 2.45) is 0 Å². The van der Waals surface area contributed by atoms with Crippen molar-refractivity contribution in [2.75, 3.05) is 19.6 Å². The van der Waals surface area contributed by atoms with Crippen molar-refractivity contribution in [2.45, 2.75) is 46.1 Å². The highest BCUT2D eigenvalue weighted by Crippen LogP contribution is 2.38. The van der Waals surface area contributed by atoms with E-state index in [-0.39, 0.29) is 24.4 Å². The molecule has 0 spiro atoms. The summed E-state index contributed by atoms with van der Waals surface area (Å²) in [4.78, 5) is 30.6. The molecule has 0 fully saturated rings. The zero-order chi connectivity index (χ0) is 19.4. The zero-order valence-corrected chi connectivity index (χ0v) is 17.2. The van der Waals surface area contributed by atoms with E-state index in [0.717, 1.165) is 12.8 Å². The van der Waals surface area contributed by atoms with Gasteiger partial charge in [-0.3, -0.25) is 9.59 Å². The molecule has 0 aliphatic carbocycles. The Labute approximate surface area is 165 Å². The number of amides is 2. The Balaban J connectivity index is 1.90. The summed E-state index contributed by atoms with van der Waals surface area (Å²) in [6, 6.07) is 10.4. The van der Waals surface area contributed by atoms with Crippen LogP contribution in [-0.4, -0.2) is 41.2 Å². The van der Waals surface area contributed by atoms with E-state index in [4.69, 9.17) is 0 Å². The highest BCUT2D eigenvalue weighted by Gasteiger charge is 2.34. The zero-order valence-electron chi connectivity index (χ0n) is 16.4. The number of benzene rings is 1. The number of likely N-dealkylation sites (N-methyl/N-ethyl adjacent to an activating group) is 1.